The largest absolute Gasteiger partial charge is 0.481 e. The van der Waals surface area contributed by atoms with Crippen LogP contribution in [0.4, 0.5) is 4.79 Å². The zero-order valence-corrected chi connectivity index (χ0v) is 19.7. The number of alkyl carbamates (subject to hydrolysis) is 1. The van der Waals surface area contributed by atoms with Gasteiger partial charge in [-0.25, -0.2) is 4.79 Å². The number of amides is 2. The molecule has 0 saturated heterocycles. The van der Waals surface area contributed by atoms with E-state index in [-0.39, 0.29) is 42.2 Å². The third-order valence-electron chi connectivity index (χ3n) is 7.98. The molecule has 184 valence electrons. The van der Waals surface area contributed by atoms with E-state index in [2.05, 4.69) is 34.9 Å². The first kappa shape index (κ1) is 23.4. The quantitative estimate of drug-likeness (QED) is 0.552. The lowest BCUT2D eigenvalue weighted by atomic mass is 9.94. The van der Waals surface area contributed by atoms with Gasteiger partial charge in [0, 0.05) is 24.4 Å². The number of nitrogens with one attached hydrogen (secondary N) is 2. The molecule has 5 rings (SSSR count). The van der Waals surface area contributed by atoms with Gasteiger partial charge in [-0.15, -0.1) is 0 Å². The lowest BCUT2D eigenvalue weighted by Gasteiger charge is -2.22. The van der Waals surface area contributed by atoms with Crippen LogP contribution in [0.15, 0.2) is 48.5 Å². The standard InChI is InChI=1S/C28H32N2O5/c31-26(30-19-13-12-17(14-19)27(32)33)20-11-5-6-18(20)15-29-28(34)35-16-25-23-9-3-1-7-21(23)22-8-2-4-10-24(22)25/h1-4,7-10,17-20,25H,5-6,11-16H2,(H,29,34)(H,30,31)(H,32,33)/t17-,18-,19+,20-/m1/s1. The van der Waals surface area contributed by atoms with Gasteiger partial charge in [-0.3, -0.25) is 9.59 Å². The molecule has 7 heteroatoms. The van der Waals surface area contributed by atoms with Crippen LogP contribution in [0, 0.1) is 17.8 Å². The van der Waals surface area contributed by atoms with E-state index >= 15 is 0 Å². The minimum absolute atomic E-state index is 0.0131. The van der Waals surface area contributed by atoms with Crippen molar-refractivity contribution in [1.82, 2.24) is 10.6 Å². The van der Waals surface area contributed by atoms with Crippen molar-refractivity contribution < 1.29 is 24.2 Å². The summed E-state index contributed by atoms with van der Waals surface area (Å²) in [5.41, 5.74) is 4.72. The fourth-order valence-electron chi connectivity index (χ4n) is 6.14. The Morgan fingerprint density at radius 3 is 2.26 bits per heavy atom. The maximum absolute atomic E-state index is 12.9. The molecule has 0 heterocycles. The Hall–Kier alpha value is -3.35. The third kappa shape index (κ3) is 4.90. The molecule has 0 aliphatic heterocycles. The minimum atomic E-state index is -0.784. The summed E-state index contributed by atoms with van der Waals surface area (Å²) in [5, 5.41) is 15.1. The van der Waals surface area contributed by atoms with Crippen LogP contribution in [0.2, 0.25) is 0 Å². The van der Waals surface area contributed by atoms with E-state index in [1.54, 1.807) is 0 Å². The van der Waals surface area contributed by atoms with Crippen molar-refractivity contribution in [1.29, 1.82) is 0 Å². The molecule has 0 bridgehead atoms. The smallest absolute Gasteiger partial charge is 0.407 e. The molecule has 3 aliphatic rings. The van der Waals surface area contributed by atoms with Crippen molar-refractivity contribution >= 4 is 18.0 Å². The molecule has 35 heavy (non-hydrogen) atoms. The molecule has 0 spiro atoms. The lowest BCUT2D eigenvalue weighted by Crippen LogP contribution is -2.41. The maximum Gasteiger partial charge on any atom is 0.407 e. The average molecular weight is 477 g/mol. The topological polar surface area (TPSA) is 105 Å². The molecule has 2 fully saturated rings. The molecule has 2 aromatic carbocycles. The highest BCUT2D eigenvalue weighted by Gasteiger charge is 2.37. The molecule has 3 N–H and O–H groups in total. The first-order valence-electron chi connectivity index (χ1n) is 12.6. The molecular weight excluding hydrogens is 444 g/mol. The van der Waals surface area contributed by atoms with Crippen molar-refractivity contribution in [2.75, 3.05) is 13.2 Å². The number of carboxylic acids is 1. The number of ether oxygens (including phenoxy) is 1. The average Bonchev–Trinajstić information content (AvgIpc) is 3.59. The highest BCUT2D eigenvalue weighted by Crippen LogP contribution is 2.44. The van der Waals surface area contributed by atoms with Crippen LogP contribution in [-0.4, -0.2) is 42.3 Å². The molecule has 0 unspecified atom stereocenters. The SMILES string of the molecule is O=C(NC[C@H]1CCC[C@H]1C(=O)N[C@H]1CC[C@@H](C(=O)O)C1)OCC1c2ccccc2-c2ccccc21. The van der Waals surface area contributed by atoms with E-state index < -0.39 is 12.1 Å². The van der Waals surface area contributed by atoms with E-state index in [0.29, 0.717) is 25.8 Å². The van der Waals surface area contributed by atoms with Crippen molar-refractivity contribution in [2.24, 2.45) is 17.8 Å². The summed E-state index contributed by atoms with van der Waals surface area (Å²) in [5.74, 6) is -1.25. The Morgan fingerprint density at radius 2 is 1.60 bits per heavy atom. The van der Waals surface area contributed by atoms with E-state index in [1.165, 1.54) is 22.3 Å². The number of fused-ring (bicyclic) bond motifs is 3. The first-order chi connectivity index (χ1) is 17.0. The summed E-state index contributed by atoms with van der Waals surface area (Å²) in [6.45, 7) is 0.665. The van der Waals surface area contributed by atoms with Crippen molar-refractivity contribution in [3.05, 3.63) is 59.7 Å². The molecule has 4 atom stereocenters. The van der Waals surface area contributed by atoms with Gasteiger partial charge in [-0.1, -0.05) is 55.0 Å². The zero-order chi connectivity index (χ0) is 24.4. The molecule has 0 aromatic heterocycles. The van der Waals surface area contributed by atoms with Gasteiger partial charge >= 0.3 is 12.1 Å². The number of carbonyl (C=O) groups excluding carboxylic acids is 2. The van der Waals surface area contributed by atoms with Gasteiger partial charge in [0.1, 0.15) is 6.61 Å². The van der Waals surface area contributed by atoms with Crippen LogP contribution in [0.5, 0.6) is 0 Å². The number of hydrogen-bond donors (Lipinski definition) is 3. The van der Waals surface area contributed by atoms with Gasteiger partial charge in [0.25, 0.3) is 0 Å². The van der Waals surface area contributed by atoms with E-state index in [9.17, 15) is 19.5 Å². The van der Waals surface area contributed by atoms with Crippen molar-refractivity contribution in [2.45, 2.75) is 50.5 Å². The molecule has 2 amide bonds. The molecular formula is C28H32N2O5. The third-order valence-corrected chi connectivity index (χ3v) is 7.98. The summed E-state index contributed by atoms with van der Waals surface area (Å²) in [4.78, 5) is 36.6. The van der Waals surface area contributed by atoms with Gasteiger partial charge in [0.05, 0.1) is 5.92 Å². The van der Waals surface area contributed by atoms with Gasteiger partial charge < -0.3 is 20.5 Å². The molecule has 7 nitrogen and oxygen atoms in total. The predicted molar refractivity (Wildman–Crippen MR) is 131 cm³/mol. The number of carbonyl (C=O) groups is 3. The normalized spacial score (nSPS) is 25.0. The number of hydrogen-bond acceptors (Lipinski definition) is 4. The van der Waals surface area contributed by atoms with Crippen LogP contribution in [0.25, 0.3) is 11.1 Å². The van der Waals surface area contributed by atoms with Gasteiger partial charge in [0.15, 0.2) is 0 Å². The molecule has 2 saturated carbocycles. The number of benzene rings is 2. The minimum Gasteiger partial charge on any atom is -0.481 e. The molecule has 0 radical (unpaired) electrons. The summed E-state index contributed by atoms with van der Waals surface area (Å²) < 4.78 is 5.63. The highest BCUT2D eigenvalue weighted by atomic mass is 16.5. The molecule has 2 aromatic rings. The number of aliphatic carboxylic acids is 1. The zero-order valence-electron chi connectivity index (χ0n) is 19.7. The van der Waals surface area contributed by atoms with Gasteiger partial charge in [-0.2, -0.15) is 0 Å². The summed E-state index contributed by atoms with van der Waals surface area (Å²) >= 11 is 0. The summed E-state index contributed by atoms with van der Waals surface area (Å²) in [7, 11) is 0. The van der Waals surface area contributed by atoms with E-state index in [1.807, 2.05) is 24.3 Å². The van der Waals surface area contributed by atoms with Crippen LogP contribution < -0.4 is 10.6 Å². The summed E-state index contributed by atoms with van der Waals surface area (Å²) in [6, 6.07) is 16.4. The monoisotopic (exact) mass is 476 g/mol. The Balaban J connectivity index is 1.12. The fraction of sp³-hybridized carbons (Fsp3) is 0.464. The van der Waals surface area contributed by atoms with Crippen LogP contribution in [0.3, 0.4) is 0 Å². The van der Waals surface area contributed by atoms with Gasteiger partial charge in [-0.05, 0) is 60.3 Å². The summed E-state index contributed by atoms with van der Waals surface area (Å²) in [6.07, 6.45) is 3.96. The first-order valence-corrected chi connectivity index (χ1v) is 12.6. The second kappa shape index (κ2) is 10.1. The Labute approximate surface area is 205 Å². The molecule has 3 aliphatic carbocycles. The Morgan fingerprint density at radius 1 is 0.914 bits per heavy atom. The maximum atomic E-state index is 12.9. The lowest BCUT2D eigenvalue weighted by molar-refractivity contribution is -0.141. The second-order valence-corrected chi connectivity index (χ2v) is 10.1. The van der Waals surface area contributed by atoms with E-state index in [0.717, 1.165) is 19.3 Å². The van der Waals surface area contributed by atoms with Crippen LogP contribution in [-0.2, 0) is 14.3 Å². The van der Waals surface area contributed by atoms with Crippen LogP contribution >= 0.6 is 0 Å². The fourth-order valence-corrected chi connectivity index (χ4v) is 6.14. The van der Waals surface area contributed by atoms with Crippen LogP contribution in [0.1, 0.15) is 55.6 Å². The predicted octanol–water partition coefficient (Wildman–Crippen LogP) is 4.31. The highest BCUT2D eigenvalue weighted by molar-refractivity contribution is 5.80. The van der Waals surface area contributed by atoms with Crippen molar-refractivity contribution in [3.63, 3.8) is 0 Å². The number of rotatable bonds is 7. The number of carboxylic acid groups (broad SMARTS) is 1. The van der Waals surface area contributed by atoms with Gasteiger partial charge in [0.2, 0.25) is 5.91 Å². The second-order valence-electron chi connectivity index (χ2n) is 10.1. The Kier molecular flexibility index (Phi) is 6.75. The van der Waals surface area contributed by atoms with E-state index in [4.69, 9.17) is 4.74 Å². The van der Waals surface area contributed by atoms with Crippen molar-refractivity contribution in [3.8, 4) is 11.1 Å². The Bertz CT molecular complexity index is 1070.